The molecule has 1 aliphatic heterocycles. The summed E-state index contributed by atoms with van der Waals surface area (Å²) in [5.74, 6) is 1.14. The van der Waals surface area contributed by atoms with Crippen molar-refractivity contribution in [2.75, 3.05) is 26.4 Å². The molecule has 0 atom stereocenters. The molecule has 3 aromatic rings. The first-order valence-corrected chi connectivity index (χ1v) is 9.72. The summed E-state index contributed by atoms with van der Waals surface area (Å²) in [6, 6.07) is 22.3. The first-order valence-electron chi connectivity index (χ1n) is 9.72. The molecule has 1 heterocycles. The molecule has 4 rings (SSSR count). The zero-order valence-electron chi connectivity index (χ0n) is 16.3. The average Bonchev–Trinajstić information content (AvgIpc) is 3.10. The number of fused-ring (bicyclic) bond motifs is 1. The lowest BCUT2D eigenvalue weighted by Crippen LogP contribution is -2.29. The molecule has 6 heteroatoms. The molecule has 0 fully saturated rings. The predicted molar refractivity (Wildman–Crippen MR) is 111 cm³/mol. The van der Waals surface area contributed by atoms with Gasteiger partial charge in [-0.3, -0.25) is 4.74 Å². The molecule has 0 amide bonds. The van der Waals surface area contributed by atoms with Crippen molar-refractivity contribution >= 4 is 5.97 Å². The van der Waals surface area contributed by atoms with Gasteiger partial charge < -0.3 is 24.5 Å². The van der Waals surface area contributed by atoms with E-state index in [4.69, 9.17) is 24.4 Å². The highest BCUT2D eigenvalue weighted by molar-refractivity contribution is 5.96. The van der Waals surface area contributed by atoms with Gasteiger partial charge in [0.15, 0.2) is 0 Å². The fourth-order valence-corrected chi connectivity index (χ4v) is 3.73. The smallest absolute Gasteiger partial charge is 0.491 e. The lowest BCUT2D eigenvalue weighted by Gasteiger charge is -2.24. The van der Waals surface area contributed by atoms with Crippen LogP contribution in [0.15, 0.2) is 72.8 Å². The van der Waals surface area contributed by atoms with Crippen LogP contribution < -0.4 is 9.47 Å². The lowest BCUT2D eigenvalue weighted by molar-refractivity contribution is 0.143. The maximum atomic E-state index is 10.6. The lowest BCUT2D eigenvalue weighted by atomic mass is 9.80. The van der Waals surface area contributed by atoms with Crippen LogP contribution >= 0.6 is 0 Å². The monoisotopic (exact) mass is 407 g/mol. The summed E-state index contributed by atoms with van der Waals surface area (Å²) in [6.45, 7) is 0.312. The van der Waals surface area contributed by atoms with E-state index in [0.717, 1.165) is 16.7 Å². The molecule has 0 aromatic heterocycles. The number of hydrogen-bond acceptors (Lipinski definition) is 5. The normalized spacial score (nSPS) is 14.1. The van der Waals surface area contributed by atoms with E-state index in [2.05, 4.69) is 0 Å². The topological polar surface area (TPSA) is 89.6 Å². The fraction of sp³-hybridized carbons (Fsp3) is 0.208. The number of benzene rings is 3. The van der Waals surface area contributed by atoms with Crippen molar-refractivity contribution in [3.63, 3.8) is 0 Å². The summed E-state index contributed by atoms with van der Waals surface area (Å²) < 4.78 is 17.1. The highest BCUT2D eigenvalue weighted by Gasteiger charge is 2.55. The quantitative estimate of drug-likeness (QED) is 0.443. The van der Waals surface area contributed by atoms with Gasteiger partial charge in [0.2, 0.25) is 0 Å². The van der Waals surface area contributed by atoms with Gasteiger partial charge in [0.1, 0.15) is 30.3 Å². The summed E-state index contributed by atoms with van der Waals surface area (Å²) in [6.07, 6.45) is 0. The van der Waals surface area contributed by atoms with E-state index < -0.39 is 5.60 Å². The Hall–Kier alpha value is -3.35. The second kappa shape index (κ2) is 8.57. The molecule has 3 aromatic carbocycles. The molecular formula is C24H23O6+. The van der Waals surface area contributed by atoms with Gasteiger partial charge in [0.25, 0.3) is 5.60 Å². The van der Waals surface area contributed by atoms with Crippen LogP contribution in [0.4, 0.5) is 0 Å². The van der Waals surface area contributed by atoms with Gasteiger partial charge in [-0.25, -0.2) is 0 Å². The average molecular weight is 407 g/mol. The Morgan fingerprint density at radius 3 is 1.73 bits per heavy atom. The standard InChI is InChI=1S/C24H22O6/c25-13-15-28-19-9-5-17(6-10-19)24(18-7-11-20(12-8-18)29-16-14-26)22-4-2-1-3-21(22)23(27)30-24/h1-12,25-26H,13-16H2/p+1. The van der Waals surface area contributed by atoms with E-state index in [1.165, 1.54) is 0 Å². The molecular weight excluding hydrogens is 384 g/mol. The second-order valence-electron chi connectivity index (χ2n) is 6.83. The van der Waals surface area contributed by atoms with Crippen molar-refractivity contribution in [3.05, 3.63) is 95.1 Å². The van der Waals surface area contributed by atoms with Crippen molar-refractivity contribution in [3.8, 4) is 11.5 Å². The summed E-state index contributed by atoms with van der Waals surface area (Å²) in [5, 5.41) is 17.9. The Kier molecular flexibility index (Phi) is 5.70. The molecule has 0 saturated carbocycles. The third kappa shape index (κ3) is 3.51. The van der Waals surface area contributed by atoms with Crippen molar-refractivity contribution in [2.24, 2.45) is 0 Å². The number of carbonyl (C=O) groups excluding carboxylic acids is 1. The SMILES string of the molecule is OCCOc1ccc(C2(c3ccc(OCCO)cc3)OC(=[OH+])c3ccccc32)cc1. The molecule has 0 saturated heterocycles. The van der Waals surface area contributed by atoms with Crippen molar-refractivity contribution in [1.82, 2.24) is 0 Å². The molecule has 6 nitrogen and oxygen atoms in total. The number of cyclic esters (lactones) is 1. The predicted octanol–water partition coefficient (Wildman–Crippen LogP) is 2.60. The Labute approximate surface area is 174 Å². The van der Waals surface area contributed by atoms with Gasteiger partial charge in [-0.05, 0) is 54.6 Å². The zero-order valence-corrected chi connectivity index (χ0v) is 16.3. The largest absolute Gasteiger partial charge is 0.519 e. The van der Waals surface area contributed by atoms with Crippen LogP contribution in [0.2, 0.25) is 0 Å². The van der Waals surface area contributed by atoms with Crippen LogP contribution in [0, 0.1) is 0 Å². The Bertz CT molecular complexity index is 959. The van der Waals surface area contributed by atoms with E-state index in [-0.39, 0.29) is 32.4 Å². The van der Waals surface area contributed by atoms with Crippen LogP contribution in [-0.4, -0.2) is 47.4 Å². The number of hydrogen-bond donors (Lipinski definition) is 2. The van der Waals surface area contributed by atoms with Crippen molar-refractivity contribution in [2.45, 2.75) is 5.60 Å². The summed E-state index contributed by atoms with van der Waals surface area (Å²) in [7, 11) is 0. The maximum Gasteiger partial charge on any atom is 0.519 e. The minimum atomic E-state index is -1.04. The van der Waals surface area contributed by atoms with Crippen LogP contribution in [0.25, 0.3) is 0 Å². The first-order chi connectivity index (χ1) is 14.7. The van der Waals surface area contributed by atoms with Crippen LogP contribution in [0.1, 0.15) is 22.3 Å². The van der Waals surface area contributed by atoms with Crippen LogP contribution in [-0.2, 0) is 10.3 Å². The maximum absolute atomic E-state index is 10.6. The van der Waals surface area contributed by atoms with Gasteiger partial charge in [-0.15, -0.1) is 0 Å². The molecule has 0 bridgehead atoms. The minimum Gasteiger partial charge on any atom is -0.491 e. The van der Waals surface area contributed by atoms with Crippen molar-refractivity contribution < 1.29 is 29.2 Å². The van der Waals surface area contributed by atoms with Gasteiger partial charge in [-0.2, -0.15) is 0 Å². The zero-order chi connectivity index (χ0) is 21.0. The molecule has 154 valence electrons. The van der Waals surface area contributed by atoms with Gasteiger partial charge >= 0.3 is 5.97 Å². The van der Waals surface area contributed by atoms with Crippen molar-refractivity contribution in [1.29, 1.82) is 0 Å². The highest BCUT2D eigenvalue weighted by atomic mass is 16.6. The van der Waals surface area contributed by atoms with E-state index in [1.54, 1.807) is 0 Å². The Balaban J connectivity index is 1.80. The third-order valence-corrected chi connectivity index (χ3v) is 5.03. The number of rotatable bonds is 8. The highest BCUT2D eigenvalue weighted by Crippen LogP contribution is 2.47. The van der Waals surface area contributed by atoms with Gasteiger partial charge in [0, 0.05) is 11.1 Å². The molecule has 0 unspecified atom stereocenters. The number of aliphatic hydroxyl groups excluding tert-OH is 2. The number of esters is 1. The molecule has 0 aliphatic carbocycles. The first kappa shape index (κ1) is 19.9. The second-order valence-corrected chi connectivity index (χ2v) is 6.83. The molecule has 0 radical (unpaired) electrons. The van der Waals surface area contributed by atoms with E-state index >= 15 is 0 Å². The summed E-state index contributed by atoms with van der Waals surface area (Å²) in [5.41, 5.74) is 2.07. The Morgan fingerprint density at radius 1 is 0.733 bits per heavy atom. The molecule has 1 aliphatic rings. The third-order valence-electron chi connectivity index (χ3n) is 5.03. The number of aliphatic hydroxyl groups is 2. The van der Waals surface area contributed by atoms with E-state index in [9.17, 15) is 4.79 Å². The summed E-state index contributed by atoms with van der Waals surface area (Å²) in [4.78, 5) is 10.6. The van der Waals surface area contributed by atoms with E-state index in [1.807, 2.05) is 72.8 Å². The summed E-state index contributed by atoms with van der Waals surface area (Å²) >= 11 is 0. The van der Waals surface area contributed by atoms with E-state index in [0.29, 0.717) is 17.1 Å². The molecule has 3 N–H and O–H groups in total. The molecule has 0 spiro atoms. The fourth-order valence-electron chi connectivity index (χ4n) is 3.73. The number of ether oxygens (including phenoxy) is 3. The molecule has 30 heavy (non-hydrogen) atoms. The van der Waals surface area contributed by atoms with Gasteiger partial charge in [0.05, 0.1) is 18.8 Å². The van der Waals surface area contributed by atoms with Crippen LogP contribution in [0.5, 0.6) is 11.5 Å². The Morgan fingerprint density at radius 2 is 1.23 bits per heavy atom. The minimum absolute atomic E-state index is 0.0598. The van der Waals surface area contributed by atoms with Crippen LogP contribution in [0.3, 0.4) is 0 Å². The van der Waals surface area contributed by atoms with Gasteiger partial charge in [-0.1, -0.05) is 18.2 Å².